The van der Waals surface area contributed by atoms with Crippen LogP contribution in [0.3, 0.4) is 0 Å². The Morgan fingerprint density at radius 1 is 1.19 bits per heavy atom. The van der Waals surface area contributed by atoms with Crippen LogP contribution < -0.4 is 0 Å². The predicted molar refractivity (Wildman–Crippen MR) is 99.2 cm³/mol. The van der Waals surface area contributed by atoms with Gasteiger partial charge in [0, 0.05) is 24.4 Å². The zero-order valence-electron chi connectivity index (χ0n) is 14.6. The maximum Gasteiger partial charge on any atom is 0.311 e. The van der Waals surface area contributed by atoms with Crippen LogP contribution in [0, 0.1) is 12.8 Å². The summed E-state index contributed by atoms with van der Waals surface area (Å²) in [5.41, 5.74) is 1.16. The van der Waals surface area contributed by atoms with Crippen molar-refractivity contribution in [2.45, 2.75) is 19.8 Å². The Labute approximate surface area is 156 Å². The van der Waals surface area contributed by atoms with E-state index in [1.165, 1.54) is 11.3 Å². The number of rotatable bonds is 7. The van der Waals surface area contributed by atoms with E-state index in [1.54, 1.807) is 11.0 Å². The van der Waals surface area contributed by atoms with Crippen molar-refractivity contribution >= 4 is 29.0 Å². The van der Waals surface area contributed by atoms with Crippen molar-refractivity contribution in [1.82, 2.24) is 4.90 Å². The largest absolute Gasteiger partial charge is 0.457 e. The predicted octanol–water partition coefficient (Wildman–Crippen LogP) is 2.87. The molecule has 0 saturated carbocycles. The number of carbonyl (C=O) groups is 3. The van der Waals surface area contributed by atoms with Crippen molar-refractivity contribution in [3.8, 4) is 0 Å². The molecule has 0 N–H and O–H groups in total. The molecule has 1 amide bonds. The van der Waals surface area contributed by atoms with Gasteiger partial charge >= 0.3 is 5.97 Å². The summed E-state index contributed by atoms with van der Waals surface area (Å²) in [4.78, 5) is 39.7. The van der Waals surface area contributed by atoms with Gasteiger partial charge in [-0.15, -0.1) is 11.3 Å². The van der Waals surface area contributed by atoms with Crippen LogP contribution in [-0.2, 0) is 20.7 Å². The fraction of sp³-hybridized carbons (Fsp3) is 0.350. The summed E-state index contributed by atoms with van der Waals surface area (Å²) >= 11 is 1.38. The average molecular weight is 371 g/mol. The molecule has 1 fully saturated rings. The molecule has 5 nitrogen and oxygen atoms in total. The standard InChI is InChI=1S/C20H21NO4S/c1-14-7-8-18(26-14)17(22)13-25-20(24)16-11-19(23)21(12-16)10-9-15-5-3-2-4-6-15/h2-8,16H,9-13H2,1H3/t16-/m1/s1. The molecule has 3 rings (SSSR count). The van der Waals surface area contributed by atoms with Crippen molar-refractivity contribution < 1.29 is 19.1 Å². The van der Waals surface area contributed by atoms with Crippen LogP contribution in [-0.4, -0.2) is 42.3 Å². The Bertz CT molecular complexity index is 799. The highest BCUT2D eigenvalue weighted by Gasteiger charge is 2.35. The highest BCUT2D eigenvalue weighted by Crippen LogP contribution is 2.20. The maximum atomic E-state index is 12.2. The number of aryl methyl sites for hydroxylation is 1. The van der Waals surface area contributed by atoms with E-state index in [1.807, 2.05) is 43.3 Å². The Morgan fingerprint density at radius 2 is 1.96 bits per heavy atom. The van der Waals surface area contributed by atoms with E-state index in [9.17, 15) is 14.4 Å². The molecule has 0 bridgehead atoms. The molecule has 136 valence electrons. The molecular weight excluding hydrogens is 350 g/mol. The fourth-order valence-electron chi connectivity index (χ4n) is 2.96. The molecule has 1 aromatic carbocycles. The number of hydrogen-bond donors (Lipinski definition) is 0. The third-order valence-electron chi connectivity index (χ3n) is 4.42. The first-order valence-corrected chi connectivity index (χ1v) is 9.42. The molecule has 6 heteroatoms. The number of thiophene rings is 1. The van der Waals surface area contributed by atoms with Crippen LogP contribution >= 0.6 is 11.3 Å². The van der Waals surface area contributed by atoms with Crippen LogP contribution in [0.25, 0.3) is 0 Å². The Hall–Kier alpha value is -2.47. The second-order valence-electron chi connectivity index (χ2n) is 6.42. The lowest BCUT2D eigenvalue weighted by atomic mass is 10.1. The Kier molecular flexibility index (Phi) is 5.83. The van der Waals surface area contributed by atoms with Crippen molar-refractivity contribution in [2.75, 3.05) is 19.7 Å². The van der Waals surface area contributed by atoms with Crippen LogP contribution in [0.2, 0.25) is 0 Å². The number of likely N-dealkylation sites (tertiary alicyclic amines) is 1. The minimum absolute atomic E-state index is 0.0388. The van der Waals surface area contributed by atoms with E-state index in [0.29, 0.717) is 18.0 Å². The third kappa shape index (κ3) is 4.58. The zero-order chi connectivity index (χ0) is 18.5. The van der Waals surface area contributed by atoms with E-state index in [4.69, 9.17) is 4.74 Å². The van der Waals surface area contributed by atoms with Crippen LogP contribution in [0.1, 0.15) is 26.5 Å². The van der Waals surface area contributed by atoms with E-state index in [0.717, 1.165) is 16.9 Å². The number of nitrogens with zero attached hydrogens (tertiary/aromatic N) is 1. The summed E-state index contributed by atoms with van der Waals surface area (Å²) < 4.78 is 5.15. The molecule has 1 aliphatic rings. The lowest BCUT2D eigenvalue weighted by Gasteiger charge is -2.16. The summed E-state index contributed by atoms with van der Waals surface area (Å²) in [7, 11) is 0. The number of amides is 1. The third-order valence-corrected chi connectivity index (χ3v) is 5.46. The van der Waals surface area contributed by atoms with Gasteiger partial charge in [-0.2, -0.15) is 0 Å². The molecular formula is C20H21NO4S. The quantitative estimate of drug-likeness (QED) is 0.555. The highest BCUT2D eigenvalue weighted by atomic mass is 32.1. The lowest BCUT2D eigenvalue weighted by Crippen LogP contribution is -2.29. The number of ether oxygens (including phenoxy) is 1. The summed E-state index contributed by atoms with van der Waals surface area (Å²) in [5, 5.41) is 0. The first kappa shape index (κ1) is 18.3. The normalized spacial score (nSPS) is 16.7. The van der Waals surface area contributed by atoms with Crippen LogP contribution in [0.5, 0.6) is 0 Å². The van der Waals surface area contributed by atoms with Gasteiger partial charge in [0.05, 0.1) is 10.8 Å². The molecule has 0 unspecified atom stereocenters. The molecule has 1 atom stereocenters. The molecule has 0 aliphatic carbocycles. The number of Topliss-reactive ketones (excluding diaryl/α,β-unsaturated/α-hetero) is 1. The molecule has 1 aliphatic heterocycles. The van der Waals surface area contributed by atoms with Gasteiger partial charge in [-0.25, -0.2) is 0 Å². The molecule has 1 aromatic heterocycles. The van der Waals surface area contributed by atoms with Gasteiger partial charge in [0.15, 0.2) is 6.61 Å². The molecule has 0 radical (unpaired) electrons. The second kappa shape index (κ2) is 8.27. The van der Waals surface area contributed by atoms with E-state index in [-0.39, 0.29) is 24.7 Å². The Balaban J connectivity index is 1.46. The minimum atomic E-state index is -0.490. The van der Waals surface area contributed by atoms with Crippen molar-refractivity contribution in [1.29, 1.82) is 0 Å². The zero-order valence-corrected chi connectivity index (χ0v) is 15.5. The SMILES string of the molecule is Cc1ccc(C(=O)COC(=O)[C@@H]2CC(=O)N(CCc3ccccc3)C2)s1. The average Bonchev–Trinajstić information content (AvgIpc) is 3.24. The van der Waals surface area contributed by atoms with E-state index >= 15 is 0 Å². The molecule has 1 saturated heterocycles. The molecule has 2 heterocycles. The van der Waals surface area contributed by atoms with Gasteiger partial charge in [0.25, 0.3) is 0 Å². The van der Waals surface area contributed by atoms with Gasteiger partial charge in [-0.3, -0.25) is 14.4 Å². The van der Waals surface area contributed by atoms with Crippen molar-refractivity contribution in [2.24, 2.45) is 5.92 Å². The van der Waals surface area contributed by atoms with Gasteiger partial charge < -0.3 is 9.64 Å². The smallest absolute Gasteiger partial charge is 0.311 e. The number of carbonyl (C=O) groups excluding carboxylic acids is 3. The first-order chi connectivity index (χ1) is 12.5. The van der Waals surface area contributed by atoms with E-state index in [2.05, 4.69) is 0 Å². The number of ketones is 1. The second-order valence-corrected chi connectivity index (χ2v) is 7.71. The van der Waals surface area contributed by atoms with Gasteiger partial charge in [0.2, 0.25) is 11.7 Å². The van der Waals surface area contributed by atoms with Crippen molar-refractivity contribution in [3.05, 3.63) is 57.8 Å². The molecule has 2 aromatic rings. The Morgan fingerprint density at radius 3 is 2.65 bits per heavy atom. The first-order valence-electron chi connectivity index (χ1n) is 8.61. The number of benzene rings is 1. The highest BCUT2D eigenvalue weighted by molar-refractivity contribution is 7.14. The minimum Gasteiger partial charge on any atom is -0.457 e. The molecule has 0 spiro atoms. The van der Waals surface area contributed by atoms with Crippen LogP contribution in [0.15, 0.2) is 42.5 Å². The van der Waals surface area contributed by atoms with Gasteiger partial charge in [0.1, 0.15) is 0 Å². The van der Waals surface area contributed by atoms with Crippen molar-refractivity contribution in [3.63, 3.8) is 0 Å². The molecule has 26 heavy (non-hydrogen) atoms. The summed E-state index contributed by atoms with van der Waals surface area (Å²) in [6.07, 6.45) is 0.907. The van der Waals surface area contributed by atoms with Gasteiger partial charge in [-0.05, 0) is 31.0 Å². The monoisotopic (exact) mass is 371 g/mol. The van der Waals surface area contributed by atoms with E-state index < -0.39 is 11.9 Å². The topological polar surface area (TPSA) is 63.7 Å². The summed E-state index contributed by atoms with van der Waals surface area (Å²) in [5.74, 6) is -1.21. The maximum absolute atomic E-state index is 12.2. The van der Waals surface area contributed by atoms with Crippen LogP contribution in [0.4, 0.5) is 0 Å². The lowest BCUT2D eigenvalue weighted by molar-refractivity contribution is -0.147. The fourth-order valence-corrected chi connectivity index (χ4v) is 3.76. The number of hydrogen-bond acceptors (Lipinski definition) is 5. The summed E-state index contributed by atoms with van der Waals surface area (Å²) in [6, 6.07) is 13.5. The summed E-state index contributed by atoms with van der Waals surface area (Å²) in [6.45, 7) is 2.59. The number of esters is 1. The van der Waals surface area contributed by atoms with Gasteiger partial charge in [-0.1, -0.05) is 30.3 Å².